The Morgan fingerprint density at radius 2 is 1.32 bits per heavy atom. The van der Waals surface area contributed by atoms with E-state index in [0.717, 1.165) is 39.8 Å². The Labute approximate surface area is 204 Å². The molecule has 1 heterocycles. The predicted octanol–water partition coefficient (Wildman–Crippen LogP) is 5.31. The molecule has 3 aromatic rings. The summed E-state index contributed by atoms with van der Waals surface area (Å²) in [5, 5.41) is 0.0723. The molecule has 0 spiro atoms. The van der Waals surface area contributed by atoms with Crippen molar-refractivity contribution in [2.24, 2.45) is 14.1 Å². The largest absolute Gasteiger partial charge is 0.541 e. The average Bonchev–Trinajstić information content (AvgIpc) is 2.97. The number of nitrogens with zero attached hydrogens (tertiary/aromatic N) is 2. The minimum atomic E-state index is -2.04. The molecule has 0 aliphatic heterocycles. The molecule has 0 aliphatic rings. The zero-order valence-corrected chi connectivity index (χ0v) is 23.0. The smallest absolute Gasteiger partial charge is 0.328 e. The fourth-order valence-corrected chi connectivity index (χ4v) is 4.77. The van der Waals surface area contributed by atoms with Gasteiger partial charge in [0.05, 0.1) is 14.2 Å². The number of rotatable bonds is 8. The van der Waals surface area contributed by atoms with Crippen molar-refractivity contribution in [3.8, 4) is 17.2 Å². The highest BCUT2D eigenvalue weighted by Gasteiger charge is 2.39. The van der Waals surface area contributed by atoms with Gasteiger partial charge in [-0.1, -0.05) is 39.0 Å². The third-order valence-corrected chi connectivity index (χ3v) is 11.4. The van der Waals surface area contributed by atoms with Gasteiger partial charge in [-0.25, -0.2) is 4.79 Å². The molecule has 34 heavy (non-hydrogen) atoms. The van der Waals surface area contributed by atoms with Gasteiger partial charge in [0, 0.05) is 38.3 Å². The summed E-state index contributed by atoms with van der Waals surface area (Å²) in [6.07, 6.45) is 1.28. The monoisotopic (exact) mass is 482 g/mol. The topological polar surface area (TPSA) is 54.6 Å². The van der Waals surface area contributed by atoms with Gasteiger partial charge in [-0.15, -0.1) is 0 Å². The van der Waals surface area contributed by atoms with Gasteiger partial charge >= 0.3 is 5.69 Å². The summed E-state index contributed by atoms with van der Waals surface area (Å²) in [5.74, 6) is 2.32. The van der Waals surface area contributed by atoms with E-state index in [1.54, 1.807) is 23.4 Å². The molecule has 0 N–H and O–H groups in total. The Bertz CT molecular complexity index is 1200. The molecule has 184 valence electrons. The first-order valence-corrected chi connectivity index (χ1v) is 14.5. The molecule has 3 rings (SSSR count). The molecule has 2 aromatic carbocycles. The summed E-state index contributed by atoms with van der Waals surface area (Å²) in [6.45, 7) is 11.1. The molecule has 6 nitrogen and oxygen atoms in total. The molecule has 0 saturated heterocycles. The van der Waals surface area contributed by atoms with Crippen LogP contribution >= 0.6 is 0 Å². The molecule has 1 aromatic heterocycles. The summed E-state index contributed by atoms with van der Waals surface area (Å²) in [4.78, 5) is 12.8. The first-order chi connectivity index (χ1) is 15.9. The summed E-state index contributed by atoms with van der Waals surface area (Å²) in [5.41, 5.74) is 4.17. The minimum Gasteiger partial charge on any atom is -0.541 e. The number of ether oxygens (including phenoxy) is 2. The van der Waals surface area contributed by atoms with Crippen LogP contribution in [0, 0.1) is 0 Å². The van der Waals surface area contributed by atoms with Crippen LogP contribution in [0.1, 0.15) is 43.3 Å². The lowest BCUT2D eigenvalue weighted by Gasteiger charge is -2.36. The third kappa shape index (κ3) is 5.25. The highest BCUT2D eigenvalue weighted by Crippen LogP contribution is 2.40. The van der Waals surface area contributed by atoms with Gasteiger partial charge < -0.3 is 13.9 Å². The van der Waals surface area contributed by atoms with Crippen LogP contribution in [-0.2, 0) is 26.9 Å². The van der Waals surface area contributed by atoms with Crippen LogP contribution in [0.4, 0.5) is 0 Å². The van der Waals surface area contributed by atoms with E-state index in [2.05, 4.69) is 39.9 Å². The van der Waals surface area contributed by atoms with E-state index in [1.165, 1.54) is 0 Å². The van der Waals surface area contributed by atoms with E-state index in [0.29, 0.717) is 12.8 Å². The van der Waals surface area contributed by atoms with Crippen molar-refractivity contribution in [2.45, 2.75) is 51.7 Å². The Kier molecular flexibility index (Phi) is 7.36. The molecule has 0 atom stereocenters. The maximum absolute atomic E-state index is 12.8. The van der Waals surface area contributed by atoms with Crippen molar-refractivity contribution in [1.29, 1.82) is 0 Å². The molecule has 0 aliphatic carbocycles. The normalized spacial score (nSPS) is 12.0. The van der Waals surface area contributed by atoms with E-state index in [4.69, 9.17) is 13.9 Å². The van der Waals surface area contributed by atoms with Crippen molar-refractivity contribution >= 4 is 8.32 Å². The molecular weight excluding hydrogens is 444 g/mol. The van der Waals surface area contributed by atoms with Gasteiger partial charge in [0.15, 0.2) is 5.75 Å². The first-order valence-electron chi connectivity index (χ1n) is 11.6. The highest BCUT2D eigenvalue weighted by molar-refractivity contribution is 6.74. The highest BCUT2D eigenvalue weighted by atomic mass is 28.4. The first kappa shape index (κ1) is 25.7. The fraction of sp³-hybridized carbons (Fsp3) is 0.444. The third-order valence-electron chi connectivity index (χ3n) is 7.02. The summed E-state index contributed by atoms with van der Waals surface area (Å²) < 4.78 is 21.0. The standard InChI is InChI=1S/C27H38N2O4Si/c1-27(2,3)34(8,9)33-25-18-20(12-15-24(25)32-7)17-23-22(28(4)26(30)29(23)5)16-19-10-13-21(31-6)14-11-19/h10-15,18H,16-17H2,1-9H3. The van der Waals surface area contributed by atoms with E-state index >= 15 is 0 Å². The van der Waals surface area contributed by atoms with Gasteiger partial charge in [-0.3, -0.25) is 9.13 Å². The van der Waals surface area contributed by atoms with E-state index in [9.17, 15) is 4.79 Å². The van der Waals surface area contributed by atoms with Crippen LogP contribution in [0.2, 0.25) is 18.1 Å². The second-order valence-corrected chi connectivity index (χ2v) is 15.1. The second kappa shape index (κ2) is 9.74. The lowest BCUT2D eigenvalue weighted by Crippen LogP contribution is -2.43. The summed E-state index contributed by atoms with van der Waals surface area (Å²) in [6, 6.07) is 14.0. The van der Waals surface area contributed by atoms with Crippen LogP contribution in [0.3, 0.4) is 0 Å². The van der Waals surface area contributed by atoms with Crippen molar-refractivity contribution in [2.75, 3.05) is 14.2 Å². The Morgan fingerprint density at radius 3 is 1.82 bits per heavy atom. The number of imidazole rings is 1. The molecule has 7 heteroatoms. The number of hydrogen-bond donors (Lipinski definition) is 0. The van der Waals surface area contributed by atoms with Gasteiger partial charge in [0.25, 0.3) is 8.32 Å². The Balaban J connectivity index is 1.97. The van der Waals surface area contributed by atoms with E-state index < -0.39 is 8.32 Å². The second-order valence-electron chi connectivity index (χ2n) is 10.3. The van der Waals surface area contributed by atoms with E-state index in [1.807, 2.05) is 50.5 Å². The number of methoxy groups -OCH3 is 2. The van der Waals surface area contributed by atoms with Crippen LogP contribution in [0.25, 0.3) is 0 Å². The van der Waals surface area contributed by atoms with Crippen molar-refractivity contribution < 1.29 is 13.9 Å². The van der Waals surface area contributed by atoms with E-state index in [-0.39, 0.29) is 10.7 Å². The van der Waals surface area contributed by atoms with Crippen molar-refractivity contribution in [1.82, 2.24) is 9.13 Å². The summed E-state index contributed by atoms with van der Waals surface area (Å²) in [7, 11) is 4.96. The summed E-state index contributed by atoms with van der Waals surface area (Å²) >= 11 is 0. The molecule has 0 fully saturated rings. The zero-order chi connectivity index (χ0) is 25.3. The van der Waals surface area contributed by atoms with Gasteiger partial charge in [0.1, 0.15) is 11.5 Å². The predicted molar refractivity (Wildman–Crippen MR) is 140 cm³/mol. The molecule has 0 radical (unpaired) electrons. The van der Waals surface area contributed by atoms with Crippen LogP contribution in [0.15, 0.2) is 47.3 Å². The zero-order valence-electron chi connectivity index (χ0n) is 22.0. The average molecular weight is 483 g/mol. The van der Waals surface area contributed by atoms with Gasteiger partial charge in [-0.2, -0.15) is 0 Å². The lowest BCUT2D eigenvalue weighted by atomic mass is 10.0. The van der Waals surface area contributed by atoms with Crippen molar-refractivity contribution in [3.63, 3.8) is 0 Å². The maximum Gasteiger partial charge on any atom is 0.328 e. The molecule has 0 bridgehead atoms. The molecular formula is C27H38N2O4Si. The van der Waals surface area contributed by atoms with Gasteiger partial charge in [0.2, 0.25) is 0 Å². The number of benzene rings is 2. The molecule has 0 unspecified atom stereocenters. The molecule has 0 saturated carbocycles. The Hall–Kier alpha value is -2.93. The molecule has 0 amide bonds. The SMILES string of the molecule is COc1ccc(Cc2c(Cc3ccc(OC)c(O[Si](C)(C)C(C)(C)C)c3)n(C)c(=O)n2C)cc1. The van der Waals surface area contributed by atoms with Crippen LogP contribution < -0.4 is 19.6 Å². The Morgan fingerprint density at radius 1 is 0.794 bits per heavy atom. The van der Waals surface area contributed by atoms with Crippen molar-refractivity contribution in [3.05, 3.63) is 75.5 Å². The fourth-order valence-electron chi connectivity index (χ4n) is 3.75. The minimum absolute atomic E-state index is 0.0234. The number of hydrogen-bond acceptors (Lipinski definition) is 4. The van der Waals surface area contributed by atoms with Gasteiger partial charge in [-0.05, 0) is 53.5 Å². The lowest BCUT2D eigenvalue weighted by molar-refractivity contribution is 0.385. The maximum atomic E-state index is 12.8. The quantitative estimate of drug-likeness (QED) is 0.409. The van der Waals surface area contributed by atoms with Crippen LogP contribution in [-0.4, -0.2) is 31.7 Å². The number of aromatic nitrogens is 2. The van der Waals surface area contributed by atoms with Crippen LogP contribution in [0.5, 0.6) is 17.2 Å².